The van der Waals surface area contributed by atoms with Crippen molar-refractivity contribution in [2.45, 2.75) is 66.0 Å². The number of piperazine rings is 1. The van der Waals surface area contributed by atoms with Gasteiger partial charge >= 0.3 is 0 Å². The molecular formula is C16H32N2. The molecule has 0 spiro atoms. The molecule has 2 rings (SSSR count). The maximum atomic E-state index is 2.75. The molecule has 106 valence electrons. The zero-order valence-corrected chi connectivity index (χ0v) is 13.1. The van der Waals surface area contributed by atoms with Gasteiger partial charge in [0.2, 0.25) is 0 Å². The lowest BCUT2D eigenvalue weighted by molar-refractivity contribution is 0.0000562. The second kappa shape index (κ2) is 5.50. The lowest BCUT2D eigenvalue weighted by Gasteiger charge is -2.49. The smallest absolute Gasteiger partial charge is 0.0223 e. The third-order valence-electron chi connectivity index (χ3n) is 5.30. The van der Waals surface area contributed by atoms with Crippen molar-refractivity contribution in [2.75, 3.05) is 26.2 Å². The second-order valence-electron chi connectivity index (χ2n) is 7.71. The topological polar surface area (TPSA) is 6.48 Å². The Hall–Kier alpha value is -0.0800. The maximum Gasteiger partial charge on any atom is 0.0223 e. The van der Waals surface area contributed by atoms with Crippen molar-refractivity contribution < 1.29 is 0 Å². The van der Waals surface area contributed by atoms with Crippen LogP contribution in [-0.4, -0.2) is 48.1 Å². The lowest BCUT2D eigenvalue weighted by Crippen LogP contribution is -2.59. The molecule has 2 nitrogen and oxygen atoms in total. The fraction of sp³-hybridized carbons (Fsp3) is 1.00. The summed E-state index contributed by atoms with van der Waals surface area (Å²) in [5.74, 6) is 0.773. The number of rotatable bonds is 2. The summed E-state index contributed by atoms with van der Waals surface area (Å²) in [5.41, 5.74) is 0.434. The van der Waals surface area contributed by atoms with Crippen molar-refractivity contribution >= 4 is 0 Å². The van der Waals surface area contributed by atoms with E-state index in [1.165, 1.54) is 45.4 Å². The highest BCUT2D eigenvalue weighted by Gasteiger charge is 2.34. The highest BCUT2D eigenvalue weighted by molar-refractivity contribution is 4.90. The van der Waals surface area contributed by atoms with Crippen molar-refractivity contribution in [3.05, 3.63) is 0 Å². The predicted octanol–water partition coefficient (Wildman–Crippen LogP) is 3.23. The van der Waals surface area contributed by atoms with Gasteiger partial charge < -0.3 is 0 Å². The molecule has 2 heteroatoms. The number of hydrogen-bond donors (Lipinski definition) is 0. The van der Waals surface area contributed by atoms with E-state index in [4.69, 9.17) is 0 Å². The van der Waals surface area contributed by atoms with Gasteiger partial charge in [0.25, 0.3) is 0 Å². The number of hydrogen-bond acceptors (Lipinski definition) is 2. The zero-order valence-electron chi connectivity index (χ0n) is 13.1. The molecule has 3 unspecified atom stereocenters. The van der Waals surface area contributed by atoms with Gasteiger partial charge in [-0.3, -0.25) is 9.80 Å². The summed E-state index contributed by atoms with van der Waals surface area (Å²) in [7, 11) is 0. The van der Waals surface area contributed by atoms with Crippen LogP contribution in [0.25, 0.3) is 0 Å². The lowest BCUT2D eigenvalue weighted by atomic mass is 9.81. The average molecular weight is 252 g/mol. The molecule has 2 fully saturated rings. The molecule has 0 aliphatic carbocycles. The maximum absolute atomic E-state index is 2.75. The van der Waals surface area contributed by atoms with Gasteiger partial charge in [-0.15, -0.1) is 0 Å². The van der Waals surface area contributed by atoms with Gasteiger partial charge in [-0.1, -0.05) is 34.1 Å². The number of piperidine rings is 1. The number of nitrogens with zero attached hydrogens (tertiary/aromatic N) is 2. The molecule has 2 heterocycles. The fourth-order valence-corrected chi connectivity index (χ4v) is 3.29. The first-order valence-corrected chi connectivity index (χ1v) is 7.86. The van der Waals surface area contributed by atoms with Crippen molar-refractivity contribution in [1.82, 2.24) is 9.80 Å². The minimum Gasteiger partial charge on any atom is -0.298 e. The molecule has 18 heavy (non-hydrogen) atoms. The van der Waals surface area contributed by atoms with Crippen LogP contribution in [0.4, 0.5) is 0 Å². The van der Waals surface area contributed by atoms with Gasteiger partial charge in [0.1, 0.15) is 0 Å². The van der Waals surface area contributed by atoms with Crippen LogP contribution in [0.1, 0.15) is 53.9 Å². The van der Waals surface area contributed by atoms with Crippen molar-refractivity contribution in [1.29, 1.82) is 0 Å². The summed E-state index contributed by atoms with van der Waals surface area (Å²) in [6.07, 6.45) is 4.28. The Kier molecular flexibility index (Phi) is 4.38. The van der Waals surface area contributed by atoms with Crippen molar-refractivity contribution in [2.24, 2.45) is 11.3 Å². The summed E-state index contributed by atoms with van der Waals surface area (Å²) in [5, 5.41) is 0. The van der Waals surface area contributed by atoms with Crippen LogP contribution in [0.2, 0.25) is 0 Å². The normalized spacial score (nSPS) is 33.2. The summed E-state index contributed by atoms with van der Waals surface area (Å²) in [4.78, 5) is 5.49. The van der Waals surface area contributed by atoms with E-state index >= 15 is 0 Å². The van der Waals surface area contributed by atoms with Gasteiger partial charge in [-0.2, -0.15) is 0 Å². The van der Waals surface area contributed by atoms with Gasteiger partial charge in [-0.05, 0) is 37.6 Å². The Morgan fingerprint density at radius 2 is 1.89 bits per heavy atom. The quantitative estimate of drug-likeness (QED) is 0.744. The van der Waals surface area contributed by atoms with E-state index in [1.54, 1.807) is 0 Å². The van der Waals surface area contributed by atoms with Crippen LogP contribution in [0.15, 0.2) is 0 Å². The SMILES string of the molecule is CC1CN2CCCCC2CN1CC(C)C(C)(C)C. The molecule has 2 saturated heterocycles. The van der Waals surface area contributed by atoms with Crippen LogP contribution in [-0.2, 0) is 0 Å². The van der Waals surface area contributed by atoms with Gasteiger partial charge in [0.15, 0.2) is 0 Å². The summed E-state index contributed by atoms with van der Waals surface area (Å²) in [6.45, 7) is 17.2. The molecule has 0 N–H and O–H groups in total. The van der Waals surface area contributed by atoms with E-state index in [0.29, 0.717) is 5.41 Å². The molecule has 2 aliphatic rings. The molecule has 0 amide bonds. The summed E-state index contributed by atoms with van der Waals surface area (Å²) < 4.78 is 0. The summed E-state index contributed by atoms with van der Waals surface area (Å²) in [6, 6.07) is 1.59. The van der Waals surface area contributed by atoms with E-state index in [1.807, 2.05) is 0 Å². The van der Waals surface area contributed by atoms with Crippen LogP contribution < -0.4 is 0 Å². The van der Waals surface area contributed by atoms with Gasteiger partial charge in [0.05, 0.1) is 0 Å². The molecule has 2 aliphatic heterocycles. The molecule has 0 aromatic carbocycles. The monoisotopic (exact) mass is 252 g/mol. The first-order valence-electron chi connectivity index (χ1n) is 7.86. The summed E-state index contributed by atoms with van der Waals surface area (Å²) >= 11 is 0. The Morgan fingerprint density at radius 3 is 2.56 bits per heavy atom. The molecule has 0 aromatic rings. The Bertz CT molecular complexity index is 269. The number of fused-ring (bicyclic) bond motifs is 1. The first kappa shape index (κ1) is 14.3. The largest absolute Gasteiger partial charge is 0.298 e. The van der Waals surface area contributed by atoms with Crippen molar-refractivity contribution in [3.63, 3.8) is 0 Å². The Balaban J connectivity index is 1.93. The van der Waals surface area contributed by atoms with Crippen LogP contribution in [0, 0.1) is 11.3 Å². The molecule has 0 bridgehead atoms. The zero-order chi connectivity index (χ0) is 13.3. The van der Waals surface area contributed by atoms with Gasteiger partial charge in [-0.25, -0.2) is 0 Å². The first-order chi connectivity index (χ1) is 8.38. The predicted molar refractivity (Wildman–Crippen MR) is 78.9 cm³/mol. The third-order valence-corrected chi connectivity index (χ3v) is 5.30. The molecular weight excluding hydrogens is 220 g/mol. The molecule has 3 atom stereocenters. The van der Waals surface area contributed by atoms with E-state index in [9.17, 15) is 0 Å². The fourth-order valence-electron chi connectivity index (χ4n) is 3.29. The Labute approximate surface area is 114 Å². The standard InChI is InChI=1S/C16H32N2/c1-13(16(3,4)5)10-18-12-15-8-6-7-9-17(15)11-14(18)2/h13-15H,6-12H2,1-5H3. The minimum absolute atomic E-state index is 0.434. The van der Waals surface area contributed by atoms with E-state index in [2.05, 4.69) is 44.4 Å². The minimum atomic E-state index is 0.434. The van der Waals surface area contributed by atoms with Crippen LogP contribution in [0.3, 0.4) is 0 Å². The van der Waals surface area contributed by atoms with Gasteiger partial charge in [0, 0.05) is 31.7 Å². The average Bonchev–Trinajstić information content (AvgIpc) is 2.28. The molecule has 0 radical (unpaired) electrons. The van der Waals surface area contributed by atoms with E-state index < -0.39 is 0 Å². The van der Waals surface area contributed by atoms with Crippen LogP contribution >= 0.6 is 0 Å². The highest BCUT2D eigenvalue weighted by Crippen LogP contribution is 2.29. The highest BCUT2D eigenvalue weighted by atomic mass is 15.3. The van der Waals surface area contributed by atoms with E-state index in [-0.39, 0.29) is 0 Å². The molecule has 0 saturated carbocycles. The van der Waals surface area contributed by atoms with Crippen molar-refractivity contribution in [3.8, 4) is 0 Å². The Morgan fingerprint density at radius 1 is 1.17 bits per heavy atom. The molecule has 0 aromatic heterocycles. The second-order valence-corrected chi connectivity index (χ2v) is 7.71. The third kappa shape index (κ3) is 3.27. The van der Waals surface area contributed by atoms with Crippen LogP contribution in [0.5, 0.6) is 0 Å². The van der Waals surface area contributed by atoms with E-state index in [0.717, 1.165) is 18.0 Å².